The summed E-state index contributed by atoms with van der Waals surface area (Å²) in [6.45, 7) is -0.516. The molecule has 0 radical (unpaired) electrons. The number of benzene rings is 3. The molecular weight excluding hydrogens is 448 g/mol. The Morgan fingerprint density at radius 1 is 0.867 bits per heavy atom. The Labute approximate surface area is 180 Å². The van der Waals surface area contributed by atoms with E-state index in [2.05, 4.69) is 21.2 Å². The molecule has 1 amide bonds. The van der Waals surface area contributed by atoms with Gasteiger partial charge < -0.3 is 14.6 Å². The number of ether oxygens (including phenoxy) is 1. The summed E-state index contributed by atoms with van der Waals surface area (Å²) in [6, 6.07) is 21.3. The third-order valence-corrected chi connectivity index (χ3v) is 5.19. The van der Waals surface area contributed by atoms with E-state index in [4.69, 9.17) is 4.74 Å². The zero-order chi connectivity index (χ0) is 21.1. The van der Waals surface area contributed by atoms with Crippen molar-refractivity contribution in [1.82, 2.24) is 4.57 Å². The lowest BCUT2D eigenvalue weighted by molar-refractivity contribution is -0.147. The maximum Gasteiger partial charge on any atom is 0.326 e. The van der Waals surface area contributed by atoms with Gasteiger partial charge in [-0.1, -0.05) is 40.2 Å². The molecule has 0 bridgehead atoms. The van der Waals surface area contributed by atoms with Gasteiger partial charge in [-0.25, -0.2) is 0 Å². The van der Waals surface area contributed by atoms with Crippen LogP contribution in [0.5, 0.6) is 0 Å². The lowest BCUT2D eigenvalue weighted by Crippen LogP contribution is -2.24. The number of carbonyl (C=O) groups excluding carboxylic acids is 2. The summed E-state index contributed by atoms with van der Waals surface area (Å²) in [5, 5.41) is 3.72. The second-order valence-corrected chi connectivity index (χ2v) is 7.58. The zero-order valence-corrected chi connectivity index (χ0v) is 17.4. The number of hydrogen-bond acceptors (Lipinski definition) is 4. The van der Waals surface area contributed by atoms with Gasteiger partial charge in [-0.3, -0.25) is 14.4 Å². The number of carbonyl (C=O) groups is 2. The Hall–Kier alpha value is -3.45. The van der Waals surface area contributed by atoms with Gasteiger partial charge in [0.1, 0.15) is 6.54 Å². The third kappa shape index (κ3) is 4.11. The highest BCUT2D eigenvalue weighted by Gasteiger charge is 2.14. The Morgan fingerprint density at radius 2 is 1.43 bits per heavy atom. The minimum Gasteiger partial charge on any atom is -0.454 e. The summed E-state index contributed by atoms with van der Waals surface area (Å²) in [6.07, 6.45) is 0. The molecule has 150 valence electrons. The van der Waals surface area contributed by atoms with Crippen LogP contribution in [0, 0.1) is 0 Å². The number of nitrogens with one attached hydrogen (secondary N) is 1. The van der Waals surface area contributed by atoms with Gasteiger partial charge in [-0.15, -0.1) is 0 Å². The Morgan fingerprint density at radius 3 is 2.03 bits per heavy atom. The predicted molar refractivity (Wildman–Crippen MR) is 119 cm³/mol. The predicted octanol–water partition coefficient (Wildman–Crippen LogP) is 4.10. The molecule has 30 heavy (non-hydrogen) atoms. The number of para-hydroxylation sites is 2. The molecule has 0 unspecified atom stereocenters. The van der Waals surface area contributed by atoms with Crippen LogP contribution >= 0.6 is 15.9 Å². The number of nitrogens with zero attached hydrogens (tertiary/aromatic N) is 1. The number of fused-ring (bicyclic) bond motifs is 2. The number of halogens is 1. The number of anilines is 1. The smallest absolute Gasteiger partial charge is 0.326 e. The fourth-order valence-corrected chi connectivity index (χ4v) is 3.56. The van der Waals surface area contributed by atoms with Crippen LogP contribution in [0.4, 0.5) is 5.69 Å². The second-order valence-electron chi connectivity index (χ2n) is 6.67. The number of hydrogen-bond donors (Lipinski definition) is 1. The van der Waals surface area contributed by atoms with Gasteiger partial charge in [0.2, 0.25) is 0 Å². The van der Waals surface area contributed by atoms with E-state index < -0.39 is 18.5 Å². The first-order valence-corrected chi connectivity index (χ1v) is 10.0. The number of amides is 1. The molecule has 4 rings (SSSR count). The van der Waals surface area contributed by atoms with Gasteiger partial charge >= 0.3 is 5.97 Å². The standard InChI is InChI=1S/C23H17BrN2O4/c24-15-9-11-16(12-10-15)25-21(27)14-30-22(28)13-26-19-7-3-1-5-17(19)23(29)18-6-2-4-8-20(18)26/h1-12H,13-14H2,(H,25,27). The van der Waals surface area contributed by atoms with E-state index >= 15 is 0 Å². The van der Waals surface area contributed by atoms with E-state index in [-0.39, 0.29) is 12.0 Å². The number of esters is 1. The van der Waals surface area contributed by atoms with Gasteiger partial charge in [-0.05, 0) is 48.5 Å². The number of pyridine rings is 1. The van der Waals surface area contributed by atoms with E-state index in [0.29, 0.717) is 27.5 Å². The van der Waals surface area contributed by atoms with Crippen molar-refractivity contribution in [3.8, 4) is 0 Å². The molecule has 6 nitrogen and oxygen atoms in total. The summed E-state index contributed by atoms with van der Waals surface area (Å²) in [5.41, 5.74) is 1.80. The fourth-order valence-electron chi connectivity index (χ4n) is 3.30. The first kappa shape index (κ1) is 19.8. The average molecular weight is 465 g/mol. The van der Waals surface area contributed by atoms with E-state index in [9.17, 15) is 14.4 Å². The van der Waals surface area contributed by atoms with Crippen molar-refractivity contribution in [2.24, 2.45) is 0 Å². The second kappa shape index (κ2) is 8.51. The molecule has 3 aromatic carbocycles. The first-order valence-electron chi connectivity index (χ1n) is 9.24. The Bertz CT molecular complexity index is 1250. The molecule has 0 aliphatic rings. The van der Waals surface area contributed by atoms with Crippen molar-refractivity contribution < 1.29 is 14.3 Å². The van der Waals surface area contributed by atoms with Crippen LogP contribution in [0.2, 0.25) is 0 Å². The van der Waals surface area contributed by atoms with Crippen LogP contribution in [0.3, 0.4) is 0 Å². The molecule has 0 fully saturated rings. The minimum atomic E-state index is -0.570. The van der Waals surface area contributed by atoms with Crippen LogP contribution < -0.4 is 10.7 Å². The minimum absolute atomic E-state index is 0.0836. The largest absolute Gasteiger partial charge is 0.454 e. The summed E-state index contributed by atoms with van der Waals surface area (Å²) in [7, 11) is 0. The van der Waals surface area contributed by atoms with E-state index in [1.165, 1.54) is 0 Å². The molecule has 1 aromatic heterocycles. The molecule has 0 saturated heterocycles. The summed E-state index contributed by atoms with van der Waals surface area (Å²) in [4.78, 5) is 37.3. The summed E-state index contributed by atoms with van der Waals surface area (Å²) in [5.74, 6) is -1.000. The van der Waals surface area contributed by atoms with Gasteiger partial charge in [-0.2, -0.15) is 0 Å². The molecule has 0 saturated carbocycles. The highest BCUT2D eigenvalue weighted by Crippen LogP contribution is 2.19. The van der Waals surface area contributed by atoms with Crippen molar-refractivity contribution in [2.75, 3.05) is 11.9 Å². The van der Waals surface area contributed by atoms with Gasteiger partial charge in [0.15, 0.2) is 12.0 Å². The molecule has 0 aliphatic heterocycles. The van der Waals surface area contributed by atoms with Crippen molar-refractivity contribution in [3.63, 3.8) is 0 Å². The highest BCUT2D eigenvalue weighted by atomic mass is 79.9. The van der Waals surface area contributed by atoms with Crippen LogP contribution in [0.25, 0.3) is 21.8 Å². The van der Waals surface area contributed by atoms with E-state index in [1.807, 2.05) is 12.1 Å². The van der Waals surface area contributed by atoms with Crippen LogP contribution in [0.1, 0.15) is 0 Å². The van der Waals surface area contributed by atoms with Crippen LogP contribution in [-0.4, -0.2) is 23.1 Å². The molecule has 1 N–H and O–H groups in total. The maximum atomic E-state index is 12.8. The Kier molecular flexibility index (Phi) is 5.63. The van der Waals surface area contributed by atoms with Crippen LogP contribution in [0.15, 0.2) is 82.1 Å². The molecule has 0 atom stereocenters. The lowest BCUT2D eigenvalue weighted by Gasteiger charge is -2.14. The van der Waals surface area contributed by atoms with E-state index in [1.54, 1.807) is 65.2 Å². The van der Waals surface area contributed by atoms with Crippen molar-refractivity contribution in [3.05, 3.63) is 87.5 Å². The SMILES string of the molecule is O=C(COC(=O)Cn1c2ccccc2c(=O)c2ccccc21)Nc1ccc(Br)cc1. The molecule has 0 spiro atoms. The van der Waals surface area contributed by atoms with Gasteiger partial charge in [0, 0.05) is 20.9 Å². The molecule has 1 heterocycles. The fraction of sp³-hybridized carbons (Fsp3) is 0.0870. The monoisotopic (exact) mass is 464 g/mol. The highest BCUT2D eigenvalue weighted by molar-refractivity contribution is 9.10. The average Bonchev–Trinajstić information content (AvgIpc) is 2.77. The molecule has 7 heteroatoms. The summed E-state index contributed by atoms with van der Waals surface area (Å²) < 4.78 is 7.81. The summed E-state index contributed by atoms with van der Waals surface area (Å²) >= 11 is 3.33. The lowest BCUT2D eigenvalue weighted by atomic mass is 10.1. The van der Waals surface area contributed by atoms with Crippen molar-refractivity contribution in [2.45, 2.75) is 6.54 Å². The topological polar surface area (TPSA) is 77.4 Å². The molecular formula is C23H17BrN2O4. The van der Waals surface area contributed by atoms with Crippen molar-refractivity contribution in [1.29, 1.82) is 0 Å². The van der Waals surface area contributed by atoms with Gasteiger partial charge in [0.05, 0.1) is 11.0 Å². The first-order chi connectivity index (χ1) is 14.5. The van der Waals surface area contributed by atoms with Crippen LogP contribution in [-0.2, 0) is 20.9 Å². The van der Waals surface area contributed by atoms with Crippen molar-refractivity contribution >= 4 is 55.3 Å². The van der Waals surface area contributed by atoms with E-state index in [0.717, 1.165) is 4.47 Å². The maximum absolute atomic E-state index is 12.8. The quantitative estimate of drug-likeness (QED) is 0.356. The zero-order valence-electron chi connectivity index (χ0n) is 15.8. The Balaban J connectivity index is 1.53. The normalized spacial score (nSPS) is 10.8. The molecule has 0 aliphatic carbocycles. The number of aromatic nitrogens is 1. The van der Waals surface area contributed by atoms with Gasteiger partial charge in [0.25, 0.3) is 5.91 Å². The molecule has 4 aromatic rings. The number of rotatable bonds is 5. The third-order valence-electron chi connectivity index (χ3n) is 4.66.